The van der Waals surface area contributed by atoms with Gasteiger partial charge in [0.1, 0.15) is 0 Å². The number of guanidine groups is 1. The number of ether oxygens (including phenoxy) is 2. The standard InChI is InChI=1S/C24H40N4O2.HI/c1-20-6-8-22(9-7-20)23(28-13-3-4-14-28)18-27-24(25-2)26-12-5-15-30-19-21-10-16-29-17-11-21;/h6-9,21,23H,3-5,10-19H2,1-2H3,(H2,25,26,27);1H. The highest BCUT2D eigenvalue weighted by Crippen LogP contribution is 2.24. The molecule has 1 atom stereocenters. The maximum absolute atomic E-state index is 5.86. The SMILES string of the molecule is CN=C(NCCCOCC1CCOCC1)NCC(c1ccc(C)cc1)N1CCCC1.I. The van der Waals surface area contributed by atoms with Gasteiger partial charge in [-0.2, -0.15) is 0 Å². The van der Waals surface area contributed by atoms with Crippen LogP contribution >= 0.6 is 24.0 Å². The second kappa shape index (κ2) is 15.0. The van der Waals surface area contributed by atoms with Crippen LogP contribution in [0.2, 0.25) is 0 Å². The van der Waals surface area contributed by atoms with E-state index in [0.717, 1.165) is 64.7 Å². The molecule has 2 aliphatic rings. The van der Waals surface area contributed by atoms with Crippen LogP contribution in [-0.2, 0) is 9.47 Å². The van der Waals surface area contributed by atoms with Gasteiger partial charge in [-0.25, -0.2) is 0 Å². The summed E-state index contributed by atoms with van der Waals surface area (Å²) in [6.45, 7) is 9.66. The lowest BCUT2D eigenvalue weighted by Crippen LogP contribution is -2.43. The van der Waals surface area contributed by atoms with Gasteiger partial charge in [-0.1, -0.05) is 29.8 Å². The van der Waals surface area contributed by atoms with Crippen LogP contribution < -0.4 is 10.6 Å². The van der Waals surface area contributed by atoms with Crippen LogP contribution in [0.4, 0.5) is 0 Å². The summed E-state index contributed by atoms with van der Waals surface area (Å²) in [4.78, 5) is 7.00. The molecule has 2 heterocycles. The Morgan fingerprint density at radius 1 is 1.16 bits per heavy atom. The Morgan fingerprint density at radius 3 is 2.55 bits per heavy atom. The van der Waals surface area contributed by atoms with Gasteiger partial charge >= 0.3 is 0 Å². The summed E-state index contributed by atoms with van der Waals surface area (Å²) in [5.41, 5.74) is 2.69. The van der Waals surface area contributed by atoms with Crippen LogP contribution in [-0.4, -0.2) is 70.5 Å². The molecule has 176 valence electrons. The zero-order valence-corrected chi connectivity index (χ0v) is 21.6. The molecule has 2 saturated heterocycles. The quantitative estimate of drug-likeness (QED) is 0.204. The fraction of sp³-hybridized carbons (Fsp3) is 0.708. The van der Waals surface area contributed by atoms with Gasteiger partial charge < -0.3 is 20.1 Å². The summed E-state index contributed by atoms with van der Waals surface area (Å²) in [6, 6.07) is 9.35. The maximum atomic E-state index is 5.86. The Balaban J connectivity index is 0.00000341. The van der Waals surface area contributed by atoms with Crippen molar-refractivity contribution in [2.75, 3.05) is 59.7 Å². The third-order valence-electron chi connectivity index (χ3n) is 6.18. The van der Waals surface area contributed by atoms with Crippen molar-refractivity contribution in [2.45, 2.75) is 45.1 Å². The summed E-state index contributed by atoms with van der Waals surface area (Å²) < 4.78 is 11.3. The van der Waals surface area contributed by atoms with E-state index in [1.807, 2.05) is 7.05 Å². The normalized spacial score (nSPS) is 19.1. The molecule has 0 aromatic heterocycles. The van der Waals surface area contributed by atoms with Gasteiger partial charge in [0.05, 0.1) is 6.04 Å². The molecule has 7 heteroatoms. The predicted molar refractivity (Wildman–Crippen MR) is 138 cm³/mol. The van der Waals surface area contributed by atoms with E-state index in [1.54, 1.807) is 0 Å². The van der Waals surface area contributed by atoms with E-state index in [-0.39, 0.29) is 24.0 Å². The van der Waals surface area contributed by atoms with Gasteiger partial charge in [0.15, 0.2) is 5.96 Å². The summed E-state index contributed by atoms with van der Waals surface area (Å²) in [5, 5.41) is 6.98. The van der Waals surface area contributed by atoms with E-state index in [2.05, 4.69) is 51.7 Å². The van der Waals surface area contributed by atoms with E-state index in [4.69, 9.17) is 9.47 Å². The van der Waals surface area contributed by atoms with Crippen molar-refractivity contribution < 1.29 is 9.47 Å². The van der Waals surface area contributed by atoms with Gasteiger partial charge in [-0.05, 0) is 63.6 Å². The second-order valence-electron chi connectivity index (χ2n) is 8.53. The third kappa shape index (κ3) is 9.24. The zero-order valence-electron chi connectivity index (χ0n) is 19.3. The van der Waals surface area contributed by atoms with E-state index in [9.17, 15) is 0 Å². The fourth-order valence-corrected chi connectivity index (χ4v) is 4.26. The molecule has 6 nitrogen and oxygen atoms in total. The minimum Gasteiger partial charge on any atom is -0.381 e. The van der Waals surface area contributed by atoms with Crippen molar-refractivity contribution in [1.82, 2.24) is 15.5 Å². The molecule has 0 radical (unpaired) electrons. The van der Waals surface area contributed by atoms with Gasteiger partial charge in [-0.3, -0.25) is 9.89 Å². The number of nitrogens with one attached hydrogen (secondary N) is 2. The van der Waals surface area contributed by atoms with Gasteiger partial charge in [0, 0.05) is 46.6 Å². The topological polar surface area (TPSA) is 58.1 Å². The molecular formula is C24H41IN4O2. The number of halogens is 1. The van der Waals surface area contributed by atoms with Crippen molar-refractivity contribution in [2.24, 2.45) is 10.9 Å². The van der Waals surface area contributed by atoms with E-state index < -0.39 is 0 Å². The van der Waals surface area contributed by atoms with Crippen LogP contribution in [0.25, 0.3) is 0 Å². The van der Waals surface area contributed by atoms with E-state index in [0.29, 0.717) is 12.0 Å². The molecular weight excluding hydrogens is 503 g/mol. The molecule has 0 aliphatic carbocycles. The Kier molecular flexibility index (Phi) is 12.8. The molecule has 3 rings (SSSR count). The lowest BCUT2D eigenvalue weighted by Gasteiger charge is -2.29. The molecule has 1 aromatic rings. The van der Waals surface area contributed by atoms with Crippen LogP contribution in [0.1, 0.15) is 49.3 Å². The first-order valence-electron chi connectivity index (χ1n) is 11.7. The lowest BCUT2D eigenvalue weighted by atomic mass is 10.0. The molecule has 1 unspecified atom stereocenters. The molecule has 0 amide bonds. The molecule has 31 heavy (non-hydrogen) atoms. The number of aliphatic imine (C=N–C) groups is 1. The van der Waals surface area contributed by atoms with Crippen LogP contribution in [0.15, 0.2) is 29.3 Å². The van der Waals surface area contributed by atoms with Gasteiger partial charge in [-0.15, -0.1) is 24.0 Å². The van der Waals surface area contributed by atoms with Crippen molar-refractivity contribution in [1.29, 1.82) is 0 Å². The van der Waals surface area contributed by atoms with Crippen LogP contribution in [0, 0.1) is 12.8 Å². The van der Waals surface area contributed by atoms with Crippen molar-refractivity contribution in [3.8, 4) is 0 Å². The number of hydrogen-bond donors (Lipinski definition) is 2. The number of aryl methyl sites for hydroxylation is 1. The number of hydrogen-bond acceptors (Lipinski definition) is 4. The molecule has 1 aromatic carbocycles. The Bertz CT molecular complexity index is 629. The van der Waals surface area contributed by atoms with Crippen molar-refractivity contribution in [3.05, 3.63) is 35.4 Å². The van der Waals surface area contributed by atoms with E-state index >= 15 is 0 Å². The minimum atomic E-state index is 0. The van der Waals surface area contributed by atoms with E-state index in [1.165, 1.54) is 37.1 Å². The predicted octanol–water partition coefficient (Wildman–Crippen LogP) is 3.75. The fourth-order valence-electron chi connectivity index (χ4n) is 4.26. The average Bonchev–Trinajstić information content (AvgIpc) is 3.31. The summed E-state index contributed by atoms with van der Waals surface area (Å²) in [7, 11) is 1.84. The average molecular weight is 545 g/mol. The Hall–Kier alpha value is -0.900. The molecule has 2 fully saturated rings. The number of rotatable bonds is 10. The first kappa shape index (κ1) is 26.4. The van der Waals surface area contributed by atoms with Crippen molar-refractivity contribution in [3.63, 3.8) is 0 Å². The first-order valence-corrected chi connectivity index (χ1v) is 11.7. The Morgan fingerprint density at radius 2 is 1.87 bits per heavy atom. The summed E-state index contributed by atoms with van der Waals surface area (Å²) in [6.07, 6.45) is 5.84. The molecule has 0 saturated carbocycles. The molecule has 0 spiro atoms. The van der Waals surface area contributed by atoms with Crippen LogP contribution in [0.5, 0.6) is 0 Å². The first-order chi connectivity index (χ1) is 14.8. The smallest absolute Gasteiger partial charge is 0.191 e. The lowest BCUT2D eigenvalue weighted by molar-refractivity contribution is 0.0203. The highest BCUT2D eigenvalue weighted by atomic mass is 127. The molecule has 2 N–H and O–H groups in total. The van der Waals surface area contributed by atoms with Crippen LogP contribution in [0.3, 0.4) is 0 Å². The Labute approximate surface area is 205 Å². The largest absolute Gasteiger partial charge is 0.381 e. The summed E-state index contributed by atoms with van der Waals surface area (Å²) in [5.74, 6) is 1.54. The second-order valence-corrected chi connectivity index (χ2v) is 8.53. The highest BCUT2D eigenvalue weighted by Gasteiger charge is 2.23. The third-order valence-corrected chi connectivity index (χ3v) is 6.18. The number of likely N-dealkylation sites (tertiary alicyclic amines) is 1. The van der Waals surface area contributed by atoms with Gasteiger partial charge in [0.2, 0.25) is 0 Å². The number of benzene rings is 1. The number of nitrogens with zero attached hydrogens (tertiary/aromatic N) is 2. The zero-order chi connectivity index (χ0) is 21.0. The monoisotopic (exact) mass is 544 g/mol. The highest BCUT2D eigenvalue weighted by molar-refractivity contribution is 14.0. The minimum absolute atomic E-state index is 0. The summed E-state index contributed by atoms with van der Waals surface area (Å²) >= 11 is 0. The molecule has 2 aliphatic heterocycles. The molecule has 0 bridgehead atoms. The van der Waals surface area contributed by atoms with Crippen molar-refractivity contribution >= 4 is 29.9 Å². The maximum Gasteiger partial charge on any atom is 0.191 e. The van der Waals surface area contributed by atoms with Gasteiger partial charge in [0.25, 0.3) is 0 Å².